The van der Waals surface area contributed by atoms with E-state index in [1.54, 1.807) is 18.5 Å². The third kappa shape index (κ3) is 1.16. The maximum atomic E-state index is 10.8. The van der Waals surface area contributed by atoms with Gasteiger partial charge in [-0.2, -0.15) is 0 Å². The van der Waals surface area contributed by atoms with Crippen molar-refractivity contribution in [1.82, 2.24) is 4.98 Å². The fourth-order valence-electron chi connectivity index (χ4n) is 1.51. The molecule has 4 nitrogen and oxygen atoms in total. The summed E-state index contributed by atoms with van der Waals surface area (Å²) in [6.45, 7) is 1.89. The van der Waals surface area contributed by atoms with E-state index in [1.165, 1.54) is 0 Å². The van der Waals surface area contributed by atoms with E-state index in [-0.39, 0.29) is 5.76 Å². The number of pyridine rings is 1. The molecule has 0 unspecified atom stereocenters. The standard InChI is InChI=1S/C10H9NO3/c1-2-6-7-5-11-4-3-8(7)14-9(6)10(12)13/h3-5H,2H2,1H3,(H,12,13). The Bertz CT molecular complexity index is 487. The number of carbonyl (C=O) groups is 1. The van der Waals surface area contributed by atoms with Crippen molar-refractivity contribution >= 4 is 16.9 Å². The summed E-state index contributed by atoms with van der Waals surface area (Å²) in [4.78, 5) is 14.8. The minimum absolute atomic E-state index is 0.0236. The van der Waals surface area contributed by atoms with Crippen LogP contribution in [0.1, 0.15) is 23.0 Å². The average Bonchev–Trinajstić information content (AvgIpc) is 2.56. The van der Waals surface area contributed by atoms with Crippen LogP contribution in [-0.2, 0) is 6.42 Å². The van der Waals surface area contributed by atoms with Crippen molar-refractivity contribution in [3.8, 4) is 0 Å². The highest BCUT2D eigenvalue weighted by atomic mass is 16.4. The molecule has 14 heavy (non-hydrogen) atoms. The number of hydrogen-bond donors (Lipinski definition) is 1. The first-order valence-electron chi connectivity index (χ1n) is 4.32. The molecule has 4 heteroatoms. The third-order valence-electron chi connectivity index (χ3n) is 2.14. The summed E-state index contributed by atoms with van der Waals surface area (Å²) < 4.78 is 5.21. The van der Waals surface area contributed by atoms with E-state index in [1.807, 2.05) is 6.92 Å². The summed E-state index contributed by atoms with van der Waals surface area (Å²) in [5.41, 5.74) is 1.29. The predicted molar refractivity (Wildman–Crippen MR) is 50.3 cm³/mol. The van der Waals surface area contributed by atoms with Crippen LogP contribution in [0.25, 0.3) is 11.0 Å². The van der Waals surface area contributed by atoms with Crippen LogP contribution < -0.4 is 0 Å². The molecule has 0 aliphatic heterocycles. The van der Waals surface area contributed by atoms with Gasteiger partial charge in [0, 0.05) is 23.3 Å². The molecule has 72 valence electrons. The van der Waals surface area contributed by atoms with Crippen molar-refractivity contribution in [3.63, 3.8) is 0 Å². The lowest BCUT2D eigenvalue weighted by Gasteiger charge is -1.92. The molecule has 0 saturated carbocycles. The summed E-state index contributed by atoms with van der Waals surface area (Å²) in [7, 11) is 0. The molecule has 1 N–H and O–H groups in total. The Hall–Kier alpha value is -1.84. The van der Waals surface area contributed by atoms with Crippen LogP contribution in [-0.4, -0.2) is 16.1 Å². The fourth-order valence-corrected chi connectivity index (χ4v) is 1.51. The van der Waals surface area contributed by atoms with Gasteiger partial charge in [-0.25, -0.2) is 4.79 Å². The van der Waals surface area contributed by atoms with Crippen molar-refractivity contribution in [2.24, 2.45) is 0 Å². The Balaban J connectivity index is 2.78. The van der Waals surface area contributed by atoms with Crippen LogP contribution in [0.2, 0.25) is 0 Å². The molecule has 2 aromatic rings. The molecule has 0 radical (unpaired) electrons. The van der Waals surface area contributed by atoms with Crippen molar-refractivity contribution in [2.75, 3.05) is 0 Å². The molecule has 2 heterocycles. The fraction of sp³-hybridized carbons (Fsp3) is 0.200. The zero-order chi connectivity index (χ0) is 10.1. The number of carboxylic acid groups (broad SMARTS) is 1. The van der Waals surface area contributed by atoms with Crippen molar-refractivity contribution < 1.29 is 14.3 Å². The maximum Gasteiger partial charge on any atom is 0.372 e. The summed E-state index contributed by atoms with van der Waals surface area (Å²) in [6, 6.07) is 1.67. The number of aromatic carboxylic acids is 1. The first-order chi connectivity index (χ1) is 6.74. The Morgan fingerprint density at radius 2 is 2.43 bits per heavy atom. The molecule has 0 aromatic carbocycles. The summed E-state index contributed by atoms with van der Waals surface area (Å²) in [5, 5.41) is 9.67. The Kier molecular flexibility index (Phi) is 1.96. The van der Waals surface area contributed by atoms with E-state index in [4.69, 9.17) is 9.52 Å². The number of furan rings is 1. The van der Waals surface area contributed by atoms with Crippen molar-refractivity contribution in [2.45, 2.75) is 13.3 Å². The van der Waals surface area contributed by atoms with E-state index in [0.717, 1.165) is 5.39 Å². The largest absolute Gasteiger partial charge is 0.475 e. The van der Waals surface area contributed by atoms with Gasteiger partial charge < -0.3 is 9.52 Å². The SMILES string of the molecule is CCc1c(C(=O)O)oc2ccncc12. The van der Waals surface area contributed by atoms with Gasteiger partial charge in [0.05, 0.1) is 0 Å². The van der Waals surface area contributed by atoms with Gasteiger partial charge in [-0.15, -0.1) is 0 Å². The van der Waals surface area contributed by atoms with Crippen LogP contribution in [0.5, 0.6) is 0 Å². The smallest absolute Gasteiger partial charge is 0.372 e. The van der Waals surface area contributed by atoms with Crippen LogP contribution in [0.15, 0.2) is 22.9 Å². The van der Waals surface area contributed by atoms with Crippen LogP contribution in [0.4, 0.5) is 0 Å². The quantitative estimate of drug-likeness (QED) is 0.789. The molecule has 0 amide bonds. The second-order valence-corrected chi connectivity index (χ2v) is 2.94. The third-order valence-corrected chi connectivity index (χ3v) is 2.14. The first-order valence-corrected chi connectivity index (χ1v) is 4.32. The van der Waals surface area contributed by atoms with Crippen molar-refractivity contribution in [1.29, 1.82) is 0 Å². The van der Waals surface area contributed by atoms with Gasteiger partial charge >= 0.3 is 5.97 Å². The summed E-state index contributed by atoms with van der Waals surface area (Å²) >= 11 is 0. The Morgan fingerprint density at radius 1 is 1.64 bits per heavy atom. The average molecular weight is 191 g/mol. The lowest BCUT2D eigenvalue weighted by atomic mass is 10.1. The highest BCUT2D eigenvalue weighted by Crippen LogP contribution is 2.25. The van der Waals surface area contributed by atoms with Gasteiger partial charge in [0.15, 0.2) is 0 Å². The van der Waals surface area contributed by atoms with Gasteiger partial charge in [-0.05, 0) is 12.5 Å². The number of fused-ring (bicyclic) bond motifs is 1. The van der Waals surface area contributed by atoms with E-state index >= 15 is 0 Å². The van der Waals surface area contributed by atoms with Crippen LogP contribution in [0.3, 0.4) is 0 Å². The summed E-state index contributed by atoms with van der Waals surface area (Å²) in [6.07, 6.45) is 3.83. The topological polar surface area (TPSA) is 63.3 Å². The Morgan fingerprint density at radius 3 is 3.07 bits per heavy atom. The first kappa shape index (κ1) is 8.74. The zero-order valence-electron chi connectivity index (χ0n) is 7.65. The second-order valence-electron chi connectivity index (χ2n) is 2.94. The molecular weight excluding hydrogens is 182 g/mol. The number of aromatic nitrogens is 1. The number of carboxylic acids is 1. The van der Waals surface area contributed by atoms with E-state index in [9.17, 15) is 4.79 Å². The molecule has 0 fully saturated rings. The summed E-state index contributed by atoms with van der Waals surface area (Å²) in [5.74, 6) is -1.01. The molecule has 0 aliphatic rings. The number of aryl methyl sites for hydroxylation is 1. The molecular formula is C10H9NO3. The molecule has 2 aromatic heterocycles. The van der Waals surface area contributed by atoms with E-state index in [0.29, 0.717) is 17.6 Å². The van der Waals surface area contributed by atoms with Gasteiger partial charge in [-0.3, -0.25) is 4.98 Å². The molecule has 2 rings (SSSR count). The number of nitrogens with zero attached hydrogens (tertiary/aromatic N) is 1. The Labute approximate surface area is 80.2 Å². The highest BCUT2D eigenvalue weighted by Gasteiger charge is 2.17. The lowest BCUT2D eigenvalue weighted by molar-refractivity contribution is 0.0663. The normalized spacial score (nSPS) is 10.6. The molecule has 0 aliphatic carbocycles. The van der Waals surface area contributed by atoms with Gasteiger partial charge in [0.25, 0.3) is 0 Å². The number of rotatable bonds is 2. The van der Waals surface area contributed by atoms with Crippen molar-refractivity contribution in [3.05, 3.63) is 29.8 Å². The van der Waals surface area contributed by atoms with Gasteiger partial charge in [0.1, 0.15) is 5.58 Å². The minimum atomic E-state index is -1.03. The molecule has 0 atom stereocenters. The minimum Gasteiger partial charge on any atom is -0.475 e. The monoisotopic (exact) mass is 191 g/mol. The van der Waals surface area contributed by atoms with E-state index < -0.39 is 5.97 Å². The lowest BCUT2D eigenvalue weighted by Crippen LogP contribution is -1.97. The van der Waals surface area contributed by atoms with E-state index in [2.05, 4.69) is 4.98 Å². The number of hydrogen-bond acceptors (Lipinski definition) is 3. The maximum absolute atomic E-state index is 10.8. The highest BCUT2D eigenvalue weighted by molar-refractivity contribution is 5.94. The van der Waals surface area contributed by atoms with Crippen LogP contribution in [0, 0.1) is 0 Å². The van der Waals surface area contributed by atoms with Gasteiger partial charge in [-0.1, -0.05) is 6.92 Å². The molecule has 0 bridgehead atoms. The molecule has 0 saturated heterocycles. The predicted octanol–water partition coefficient (Wildman–Crippen LogP) is 2.09. The van der Waals surface area contributed by atoms with Crippen LogP contribution >= 0.6 is 0 Å². The second kappa shape index (κ2) is 3.14. The molecule has 0 spiro atoms. The zero-order valence-corrected chi connectivity index (χ0v) is 7.65. The van der Waals surface area contributed by atoms with Gasteiger partial charge in [0.2, 0.25) is 5.76 Å².